The highest BCUT2D eigenvalue weighted by atomic mass is 79.9. The molecule has 0 saturated heterocycles. The van der Waals surface area contributed by atoms with Crippen LogP contribution in [0.15, 0.2) is 46.9 Å². The van der Waals surface area contributed by atoms with E-state index in [9.17, 15) is 4.79 Å². The molecule has 1 amide bonds. The van der Waals surface area contributed by atoms with Crippen LogP contribution in [0.2, 0.25) is 15.1 Å². The number of ether oxygens (including phenoxy) is 1. The van der Waals surface area contributed by atoms with Crippen LogP contribution in [-0.2, 0) is 0 Å². The van der Waals surface area contributed by atoms with Crippen LogP contribution in [0.1, 0.15) is 10.4 Å². The summed E-state index contributed by atoms with van der Waals surface area (Å²) in [6.07, 6.45) is 0. The molecule has 25 heavy (non-hydrogen) atoms. The van der Waals surface area contributed by atoms with E-state index in [1.54, 1.807) is 6.07 Å². The summed E-state index contributed by atoms with van der Waals surface area (Å²) in [5.41, 5.74) is 0.739. The van der Waals surface area contributed by atoms with Crippen molar-refractivity contribution in [3.05, 3.63) is 67.6 Å². The van der Waals surface area contributed by atoms with Crippen molar-refractivity contribution in [3.63, 3.8) is 0 Å². The summed E-state index contributed by atoms with van der Waals surface area (Å²) >= 11 is 21.6. The maximum Gasteiger partial charge on any atom is 0.259 e. The fourth-order valence-corrected chi connectivity index (χ4v) is 3.79. The number of halogens is 4. The Morgan fingerprint density at radius 3 is 2.44 bits per heavy atom. The van der Waals surface area contributed by atoms with Crippen LogP contribution in [0, 0.1) is 0 Å². The average molecular weight is 460 g/mol. The van der Waals surface area contributed by atoms with Crippen molar-refractivity contribution in [1.29, 1.82) is 0 Å². The van der Waals surface area contributed by atoms with Crippen molar-refractivity contribution < 1.29 is 9.53 Å². The second-order valence-corrected chi connectivity index (χ2v) is 7.21. The first-order chi connectivity index (χ1) is 11.9. The third-order valence-electron chi connectivity index (χ3n) is 3.65. The number of carbonyl (C=O) groups is 1. The van der Waals surface area contributed by atoms with Crippen molar-refractivity contribution in [3.8, 4) is 5.75 Å². The molecule has 0 fully saturated rings. The highest BCUT2D eigenvalue weighted by Crippen LogP contribution is 2.38. The SMILES string of the molecule is COc1c(C(=O)Nc2cc(Cl)c(Cl)cc2Cl)cc2ccccc2c1Br. The van der Waals surface area contributed by atoms with E-state index in [2.05, 4.69) is 21.2 Å². The predicted molar refractivity (Wildman–Crippen MR) is 108 cm³/mol. The van der Waals surface area contributed by atoms with Crippen LogP contribution < -0.4 is 10.1 Å². The van der Waals surface area contributed by atoms with Gasteiger partial charge in [-0.1, -0.05) is 59.1 Å². The third kappa shape index (κ3) is 3.58. The Kier molecular flexibility index (Phi) is 5.44. The van der Waals surface area contributed by atoms with Gasteiger partial charge in [0.05, 0.1) is 37.9 Å². The largest absolute Gasteiger partial charge is 0.495 e. The number of hydrogen-bond acceptors (Lipinski definition) is 2. The summed E-state index contributed by atoms with van der Waals surface area (Å²) in [6.45, 7) is 0. The number of methoxy groups -OCH3 is 1. The van der Waals surface area contributed by atoms with E-state index in [1.165, 1.54) is 19.2 Å². The topological polar surface area (TPSA) is 38.3 Å². The molecule has 0 aromatic heterocycles. The molecule has 3 aromatic rings. The van der Waals surface area contributed by atoms with Crippen LogP contribution in [0.5, 0.6) is 5.75 Å². The van der Waals surface area contributed by atoms with Crippen molar-refractivity contribution in [2.75, 3.05) is 12.4 Å². The Bertz CT molecular complexity index is 992. The van der Waals surface area contributed by atoms with E-state index in [1.807, 2.05) is 24.3 Å². The van der Waals surface area contributed by atoms with E-state index in [0.717, 1.165) is 10.8 Å². The molecule has 7 heteroatoms. The maximum atomic E-state index is 12.8. The van der Waals surface area contributed by atoms with Gasteiger partial charge in [0.2, 0.25) is 0 Å². The number of nitrogens with one attached hydrogen (secondary N) is 1. The Morgan fingerprint density at radius 2 is 1.72 bits per heavy atom. The van der Waals surface area contributed by atoms with E-state index in [0.29, 0.717) is 36.5 Å². The minimum absolute atomic E-state index is 0.293. The molecule has 0 aliphatic heterocycles. The molecule has 3 rings (SSSR count). The fraction of sp³-hybridized carbons (Fsp3) is 0.0556. The Labute approximate surface area is 168 Å². The number of rotatable bonds is 3. The summed E-state index contributed by atoms with van der Waals surface area (Å²) < 4.78 is 6.14. The van der Waals surface area contributed by atoms with E-state index in [-0.39, 0.29) is 5.91 Å². The molecule has 0 atom stereocenters. The van der Waals surface area contributed by atoms with Gasteiger partial charge in [0.1, 0.15) is 5.75 Å². The van der Waals surface area contributed by atoms with Crippen LogP contribution in [0.25, 0.3) is 10.8 Å². The van der Waals surface area contributed by atoms with Crippen molar-refractivity contribution in [2.24, 2.45) is 0 Å². The third-order valence-corrected chi connectivity index (χ3v) is 5.47. The van der Waals surface area contributed by atoms with Crippen LogP contribution >= 0.6 is 50.7 Å². The van der Waals surface area contributed by atoms with Crippen LogP contribution in [-0.4, -0.2) is 13.0 Å². The van der Waals surface area contributed by atoms with Gasteiger partial charge in [0.25, 0.3) is 5.91 Å². The normalized spacial score (nSPS) is 10.8. The summed E-state index contributed by atoms with van der Waals surface area (Å²) in [6, 6.07) is 12.4. The smallest absolute Gasteiger partial charge is 0.259 e. The van der Waals surface area contributed by atoms with Gasteiger partial charge in [-0.25, -0.2) is 0 Å². The standard InChI is InChI=1S/C18H11BrCl3NO2/c1-25-17-11(6-9-4-2-3-5-10(9)16(17)19)18(24)23-15-8-13(21)12(20)7-14(15)22/h2-8H,1H3,(H,23,24). The molecule has 0 saturated carbocycles. The molecule has 3 nitrogen and oxygen atoms in total. The first-order valence-electron chi connectivity index (χ1n) is 7.13. The predicted octanol–water partition coefficient (Wildman–Crippen LogP) is 6.82. The van der Waals surface area contributed by atoms with Gasteiger partial charge in [0.15, 0.2) is 0 Å². The first-order valence-corrected chi connectivity index (χ1v) is 9.06. The second-order valence-electron chi connectivity index (χ2n) is 5.19. The lowest BCUT2D eigenvalue weighted by Gasteiger charge is -2.14. The van der Waals surface area contributed by atoms with Gasteiger partial charge in [0, 0.05) is 0 Å². The average Bonchev–Trinajstić information content (AvgIpc) is 2.59. The monoisotopic (exact) mass is 457 g/mol. The summed E-state index contributed by atoms with van der Waals surface area (Å²) in [4.78, 5) is 12.8. The van der Waals surface area contributed by atoms with E-state index < -0.39 is 0 Å². The van der Waals surface area contributed by atoms with Gasteiger partial charge in [-0.15, -0.1) is 0 Å². The number of anilines is 1. The van der Waals surface area contributed by atoms with Crippen molar-refractivity contribution >= 4 is 73.1 Å². The van der Waals surface area contributed by atoms with Gasteiger partial charge in [-0.2, -0.15) is 0 Å². The van der Waals surface area contributed by atoms with Crippen molar-refractivity contribution in [2.45, 2.75) is 0 Å². The lowest BCUT2D eigenvalue weighted by Crippen LogP contribution is -2.14. The second kappa shape index (κ2) is 7.42. The summed E-state index contributed by atoms with van der Waals surface area (Å²) in [5.74, 6) is 0.0657. The number of amides is 1. The molecule has 0 aliphatic carbocycles. The zero-order valence-corrected chi connectivity index (χ0v) is 16.7. The summed E-state index contributed by atoms with van der Waals surface area (Å²) in [7, 11) is 1.51. The number of carbonyl (C=O) groups excluding carboxylic acids is 1. The fourth-order valence-electron chi connectivity index (χ4n) is 2.46. The number of hydrogen-bond donors (Lipinski definition) is 1. The zero-order valence-electron chi connectivity index (χ0n) is 12.9. The molecular formula is C18H11BrCl3NO2. The van der Waals surface area contributed by atoms with Crippen LogP contribution in [0.4, 0.5) is 5.69 Å². The molecule has 0 unspecified atom stereocenters. The quantitative estimate of drug-likeness (QED) is 0.436. The molecule has 0 radical (unpaired) electrons. The minimum atomic E-state index is -0.372. The molecule has 128 valence electrons. The molecule has 0 spiro atoms. The van der Waals surface area contributed by atoms with E-state index >= 15 is 0 Å². The van der Waals surface area contributed by atoms with Gasteiger partial charge < -0.3 is 10.1 Å². The molecule has 0 bridgehead atoms. The Morgan fingerprint density at radius 1 is 1.04 bits per heavy atom. The Balaban J connectivity index is 2.07. The zero-order chi connectivity index (χ0) is 18.1. The molecular weight excluding hydrogens is 448 g/mol. The molecule has 0 aliphatic rings. The number of benzene rings is 3. The lowest BCUT2D eigenvalue weighted by molar-refractivity contribution is 0.102. The van der Waals surface area contributed by atoms with E-state index in [4.69, 9.17) is 39.5 Å². The first kappa shape index (κ1) is 18.3. The van der Waals surface area contributed by atoms with Crippen molar-refractivity contribution in [1.82, 2.24) is 0 Å². The van der Waals surface area contributed by atoms with Gasteiger partial charge >= 0.3 is 0 Å². The number of fused-ring (bicyclic) bond motifs is 1. The molecule has 0 heterocycles. The highest BCUT2D eigenvalue weighted by Gasteiger charge is 2.19. The lowest BCUT2D eigenvalue weighted by atomic mass is 10.1. The highest BCUT2D eigenvalue weighted by molar-refractivity contribution is 9.10. The Hall–Kier alpha value is -1.46. The van der Waals surface area contributed by atoms with Gasteiger partial charge in [-0.3, -0.25) is 4.79 Å². The molecule has 3 aromatic carbocycles. The minimum Gasteiger partial charge on any atom is -0.495 e. The van der Waals surface area contributed by atoms with Gasteiger partial charge in [-0.05, 0) is 44.9 Å². The van der Waals surface area contributed by atoms with Crippen LogP contribution in [0.3, 0.4) is 0 Å². The summed E-state index contributed by atoms with van der Waals surface area (Å²) in [5, 5.41) is 5.51. The molecule has 1 N–H and O–H groups in total. The maximum absolute atomic E-state index is 12.8.